The van der Waals surface area contributed by atoms with Gasteiger partial charge in [-0.1, -0.05) is 6.07 Å². The van der Waals surface area contributed by atoms with E-state index in [9.17, 15) is 13.2 Å². The monoisotopic (exact) mass is 471 g/mol. The molecule has 168 valence electrons. The van der Waals surface area contributed by atoms with Crippen molar-refractivity contribution in [3.05, 3.63) is 52.7 Å². The second-order valence-corrected chi connectivity index (χ2v) is 11.1. The molecule has 1 fully saturated rings. The molecule has 0 atom stereocenters. The highest BCUT2D eigenvalue weighted by Gasteiger charge is 2.30. The van der Waals surface area contributed by atoms with Gasteiger partial charge in [-0.15, -0.1) is 11.3 Å². The van der Waals surface area contributed by atoms with Crippen LogP contribution < -0.4 is 4.90 Å². The highest BCUT2D eigenvalue weighted by Crippen LogP contribution is 2.32. The number of aryl methyl sites for hydroxylation is 2. The van der Waals surface area contributed by atoms with Gasteiger partial charge in [0.15, 0.2) is 0 Å². The molecule has 0 spiro atoms. The molecule has 1 aromatic carbocycles. The lowest BCUT2D eigenvalue weighted by Crippen LogP contribution is -2.37. The number of carbonyl (C=O) groups excluding carboxylic acids is 1. The van der Waals surface area contributed by atoms with Gasteiger partial charge in [-0.25, -0.2) is 13.4 Å². The molecule has 7 nitrogen and oxygen atoms in total. The highest BCUT2D eigenvalue weighted by molar-refractivity contribution is 7.89. The second kappa shape index (κ2) is 8.46. The van der Waals surface area contributed by atoms with E-state index in [0.29, 0.717) is 41.9 Å². The standard InChI is InChI=1S/C23H25N3O4S2/c1-16-19(24-23(30-16)21-7-5-13-31-21)15-22(27)26-12-4-6-17-14-18(8-9-20(17)26)32(28,29)25-10-2-3-11-25/h5,7-9,13-14H,2-4,6,10-12,15H2,1H3. The molecule has 0 N–H and O–H groups in total. The van der Waals surface area contributed by atoms with Crippen LogP contribution in [0, 0.1) is 6.92 Å². The van der Waals surface area contributed by atoms with E-state index in [1.54, 1.807) is 38.7 Å². The molecule has 32 heavy (non-hydrogen) atoms. The molecule has 4 heterocycles. The van der Waals surface area contributed by atoms with Crippen LogP contribution in [0.4, 0.5) is 5.69 Å². The molecule has 0 unspecified atom stereocenters. The number of anilines is 1. The maximum atomic E-state index is 13.2. The minimum Gasteiger partial charge on any atom is -0.440 e. The third-order valence-corrected chi connectivity index (χ3v) is 8.87. The van der Waals surface area contributed by atoms with Gasteiger partial charge in [0.25, 0.3) is 0 Å². The summed E-state index contributed by atoms with van der Waals surface area (Å²) in [5, 5.41) is 1.96. The summed E-state index contributed by atoms with van der Waals surface area (Å²) in [7, 11) is -3.47. The first-order valence-corrected chi connectivity index (χ1v) is 13.2. The Morgan fingerprint density at radius 1 is 1.16 bits per heavy atom. The predicted molar refractivity (Wildman–Crippen MR) is 123 cm³/mol. The van der Waals surface area contributed by atoms with E-state index in [2.05, 4.69) is 4.98 Å². The second-order valence-electron chi connectivity index (χ2n) is 8.23. The molecule has 0 radical (unpaired) electrons. The Labute approximate surface area is 191 Å². The first-order chi connectivity index (χ1) is 15.4. The molecular formula is C23H25N3O4S2. The Bertz CT molecular complexity index is 1240. The molecule has 3 aromatic rings. The Hall–Kier alpha value is -2.49. The Morgan fingerprint density at radius 2 is 1.97 bits per heavy atom. The number of thiophene rings is 1. The SMILES string of the molecule is Cc1oc(-c2cccs2)nc1CC(=O)N1CCCc2cc(S(=O)(=O)N3CCCC3)ccc21. The lowest BCUT2D eigenvalue weighted by atomic mass is 10.0. The van der Waals surface area contributed by atoms with Gasteiger partial charge in [0.05, 0.1) is 21.9 Å². The van der Waals surface area contributed by atoms with Gasteiger partial charge in [0.2, 0.25) is 21.8 Å². The first-order valence-electron chi connectivity index (χ1n) is 10.9. The van der Waals surface area contributed by atoms with E-state index >= 15 is 0 Å². The van der Waals surface area contributed by atoms with Crippen LogP contribution in [0.2, 0.25) is 0 Å². The van der Waals surface area contributed by atoms with Gasteiger partial charge in [-0.3, -0.25) is 4.79 Å². The number of sulfonamides is 1. The number of nitrogens with zero attached hydrogens (tertiary/aromatic N) is 3. The van der Waals surface area contributed by atoms with Crippen LogP contribution in [0.5, 0.6) is 0 Å². The van der Waals surface area contributed by atoms with Crippen molar-refractivity contribution in [2.75, 3.05) is 24.5 Å². The molecule has 5 rings (SSSR count). The quantitative estimate of drug-likeness (QED) is 0.561. The zero-order valence-electron chi connectivity index (χ0n) is 17.9. The molecule has 2 aliphatic rings. The van der Waals surface area contributed by atoms with Crippen molar-refractivity contribution in [2.24, 2.45) is 0 Å². The number of aromatic nitrogens is 1. The Morgan fingerprint density at radius 3 is 2.72 bits per heavy atom. The minimum atomic E-state index is -3.47. The number of carbonyl (C=O) groups is 1. The highest BCUT2D eigenvalue weighted by atomic mass is 32.2. The maximum absolute atomic E-state index is 13.2. The summed E-state index contributed by atoms with van der Waals surface area (Å²) in [6.45, 7) is 3.59. The predicted octanol–water partition coefficient (Wildman–Crippen LogP) is 4.02. The van der Waals surface area contributed by atoms with Crippen LogP contribution in [0.15, 0.2) is 45.0 Å². The zero-order valence-corrected chi connectivity index (χ0v) is 19.5. The fourth-order valence-electron chi connectivity index (χ4n) is 4.41. The number of hydrogen-bond acceptors (Lipinski definition) is 6. The number of amides is 1. The Kier molecular flexibility index (Phi) is 5.65. The molecule has 0 aliphatic carbocycles. The largest absolute Gasteiger partial charge is 0.440 e. The summed E-state index contributed by atoms with van der Waals surface area (Å²) >= 11 is 1.54. The average molecular weight is 472 g/mol. The van der Waals surface area contributed by atoms with Gasteiger partial charge in [0, 0.05) is 25.3 Å². The van der Waals surface area contributed by atoms with E-state index in [1.165, 1.54) is 0 Å². The fraction of sp³-hybridized carbons (Fsp3) is 0.391. The molecule has 0 bridgehead atoms. The first kappa shape index (κ1) is 21.4. The van der Waals surface area contributed by atoms with Crippen molar-refractivity contribution in [2.45, 2.75) is 43.9 Å². The number of rotatable bonds is 5. The van der Waals surface area contributed by atoms with E-state index < -0.39 is 10.0 Å². The van der Waals surface area contributed by atoms with Crippen molar-refractivity contribution in [3.63, 3.8) is 0 Å². The smallest absolute Gasteiger partial charge is 0.243 e. The summed E-state index contributed by atoms with van der Waals surface area (Å²) < 4.78 is 33.2. The summed E-state index contributed by atoms with van der Waals surface area (Å²) in [5.41, 5.74) is 2.33. The summed E-state index contributed by atoms with van der Waals surface area (Å²) in [5.74, 6) is 1.12. The molecule has 1 saturated heterocycles. The summed E-state index contributed by atoms with van der Waals surface area (Å²) in [6, 6.07) is 9.04. The van der Waals surface area contributed by atoms with Gasteiger partial charge in [-0.05, 0) is 67.8 Å². The van der Waals surface area contributed by atoms with E-state index in [4.69, 9.17) is 4.42 Å². The van der Waals surface area contributed by atoms with Crippen molar-refractivity contribution in [1.29, 1.82) is 0 Å². The number of fused-ring (bicyclic) bond motifs is 1. The van der Waals surface area contributed by atoms with Crippen molar-refractivity contribution in [1.82, 2.24) is 9.29 Å². The zero-order chi connectivity index (χ0) is 22.3. The molecule has 2 aliphatic heterocycles. The van der Waals surface area contributed by atoms with Gasteiger partial charge < -0.3 is 9.32 Å². The third kappa shape index (κ3) is 3.89. The van der Waals surface area contributed by atoms with Crippen molar-refractivity contribution in [3.8, 4) is 10.8 Å². The maximum Gasteiger partial charge on any atom is 0.243 e. The fourth-order valence-corrected chi connectivity index (χ4v) is 6.62. The lowest BCUT2D eigenvalue weighted by Gasteiger charge is -2.30. The van der Waals surface area contributed by atoms with Crippen LogP contribution in [-0.2, 0) is 27.7 Å². The topological polar surface area (TPSA) is 83.7 Å². The van der Waals surface area contributed by atoms with Crippen molar-refractivity contribution >= 4 is 33.0 Å². The Balaban J connectivity index is 1.38. The van der Waals surface area contributed by atoms with Gasteiger partial charge >= 0.3 is 0 Å². The number of oxazole rings is 1. The normalized spacial score (nSPS) is 17.0. The summed E-state index contributed by atoms with van der Waals surface area (Å²) in [4.78, 5) is 20.7. The number of benzene rings is 1. The molecular weight excluding hydrogens is 446 g/mol. The van der Waals surface area contributed by atoms with E-state index in [0.717, 1.165) is 41.8 Å². The van der Waals surface area contributed by atoms with Gasteiger partial charge in [0.1, 0.15) is 5.76 Å². The third-order valence-electron chi connectivity index (χ3n) is 6.12. The van der Waals surface area contributed by atoms with Crippen LogP contribution in [0.1, 0.15) is 36.3 Å². The molecule has 9 heteroatoms. The molecule has 1 amide bonds. The van der Waals surface area contributed by atoms with Crippen LogP contribution >= 0.6 is 11.3 Å². The van der Waals surface area contributed by atoms with Crippen LogP contribution in [0.25, 0.3) is 10.8 Å². The average Bonchev–Trinajstić information content (AvgIpc) is 3.56. The van der Waals surface area contributed by atoms with Crippen LogP contribution in [-0.4, -0.2) is 43.2 Å². The molecule has 2 aromatic heterocycles. The van der Waals surface area contributed by atoms with Gasteiger partial charge in [-0.2, -0.15) is 4.31 Å². The van der Waals surface area contributed by atoms with Crippen molar-refractivity contribution < 1.29 is 17.6 Å². The number of hydrogen-bond donors (Lipinski definition) is 0. The van der Waals surface area contributed by atoms with Crippen LogP contribution in [0.3, 0.4) is 0 Å². The summed E-state index contributed by atoms with van der Waals surface area (Å²) in [6.07, 6.45) is 3.51. The van der Waals surface area contributed by atoms with E-state index in [-0.39, 0.29) is 12.3 Å². The lowest BCUT2D eigenvalue weighted by molar-refractivity contribution is -0.118. The van der Waals surface area contributed by atoms with E-state index in [1.807, 2.05) is 24.4 Å². The molecule has 0 saturated carbocycles. The minimum absolute atomic E-state index is 0.0600.